The molecule has 1 heterocycles. The molecule has 1 aromatic carbocycles. The second-order valence-electron chi connectivity index (χ2n) is 3.92. The molecule has 0 N–H and O–H groups in total. The van der Waals surface area contributed by atoms with Crippen LogP contribution >= 0.6 is 0 Å². The molecule has 1 aromatic rings. The molecule has 2 rings (SSSR count). The van der Waals surface area contributed by atoms with Crippen molar-refractivity contribution < 1.29 is 14.3 Å². The van der Waals surface area contributed by atoms with E-state index in [4.69, 9.17) is 14.7 Å². The first-order valence-electron chi connectivity index (χ1n) is 5.47. The Bertz CT molecular complexity index is 424. The van der Waals surface area contributed by atoms with E-state index in [1.54, 1.807) is 0 Å². The van der Waals surface area contributed by atoms with Gasteiger partial charge in [0.15, 0.2) is 5.78 Å². The minimum absolute atomic E-state index is 0.0254. The van der Waals surface area contributed by atoms with Gasteiger partial charge in [-0.25, -0.2) is 0 Å². The third kappa shape index (κ3) is 2.90. The van der Waals surface area contributed by atoms with Crippen LogP contribution in [-0.2, 0) is 20.9 Å². The molecule has 0 aromatic heterocycles. The first kappa shape index (κ1) is 11.8. The Balaban J connectivity index is 1.80. The Kier molecular flexibility index (Phi) is 3.86. The molecular weight excluding hydrogens is 218 g/mol. The molecule has 0 amide bonds. The van der Waals surface area contributed by atoms with Crippen molar-refractivity contribution in [2.24, 2.45) is 5.92 Å². The second-order valence-corrected chi connectivity index (χ2v) is 3.92. The maximum Gasteiger partial charge on any atom is 0.178 e. The molecule has 1 aliphatic rings. The van der Waals surface area contributed by atoms with Crippen molar-refractivity contribution >= 4 is 5.78 Å². The normalized spacial score (nSPS) is 23.6. The highest BCUT2D eigenvalue weighted by Gasteiger charge is 2.35. The molecule has 0 saturated carbocycles. The van der Waals surface area contributed by atoms with Crippen LogP contribution in [-0.4, -0.2) is 25.1 Å². The monoisotopic (exact) mass is 231 g/mol. The average Bonchev–Trinajstić information content (AvgIpc) is 2.71. The van der Waals surface area contributed by atoms with Gasteiger partial charge in [0.1, 0.15) is 18.6 Å². The van der Waals surface area contributed by atoms with E-state index >= 15 is 0 Å². The van der Waals surface area contributed by atoms with Crippen LogP contribution in [0.4, 0.5) is 0 Å². The predicted molar refractivity (Wildman–Crippen MR) is 59.9 cm³/mol. The van der Waals surface area contributed by atoms with Gasteiger partial charge in [0.2, 0.25) is 0 Å². The largest absolute Gasteiger partial charge is 0.374 e. The van der Waals surface area contributed by atoms with E-state index in [0.29, 0.717) is 6.61 Å². The Morgan fingerprint density at radius 3 is 2.88 bits per heavy atom. The van der Waals surface area contributed by atoms with E-state index in [9.17, 15) is 4.79 Å². The topological polar surface area (TPSA) is 59.3 Å². The average molecular weight is 231 g/mol. The predicted octanol–water partition coefficient (Wildman–Crippen LogP) is 1.31. The highest BCUT2D eigenvalue weighted by atomic mass is 16.5. The number of ether oxygens (including phenoxy) is 2. The van der Waals surface area contributed by atoms with Crippen LogP contribution in [0.3, 0.4) is 0 Å². The Hall–Kier alpha value is -1.70. The number of carbonyl (C=O) groups excluding carboxylic acids is 1. The number of Topliss-reactive ketones (excluding diaryl/α,β-unsaturated/α-hetero) is 1. The van der Waals surface area contributed by atoms with Gasteiger partial charge in [-0.1, -0.05) is 30.3 Å². The molecule has 4 heteroatoms. The molecule has 4 nitrogen and oxygen atoms in total. The quantitative estimate of drug-likeness (QED) is 0.784. The molecule has 17 heavy (non-hydrogen) atoms. The minimum Gasteiger partial charge on any atom is -0.374 e. The van der Waals surface area contributed by atoms with Crippen molar-refractivity contribution in [3.05, 3.63) is 35.9 Å². The molecular formula is C13H13NO3. The second kappa shape index (κ2) is 5.58. The summed E-state index contributed by atoms with van der Waals surface area (Å²) in [7, 11) is 0. The van der Waals surface area contributed by atoms with Gasteiger partial charge in [-0.2, -0.15) is 5.26 Å². The lowest BCUT2D eigenvalue weighted by Crippen LogP contribution is -2.24. The lowest BCUT2D eigenvalue weighted by molar-refractivity contribution is -0.119. The van der Waals surface area contributed by atoms with Crippen molar-refractivity contribution in [1.82, 2.24) is 0 Å². The first-order valence-corrected chi connectivity index (χ1v) is 5.47. The fourth-order valence-corrected chi connectivity index (χ4v) is 1.75. The molecule has 0 radical (unpaired) electrons. The van der Waals surface area contributed by atoms with E-state index < -0.39 is 12.0 Å². The van der Waals surface area contributed by atoms with E-state index in [0.717, 1.165) is 5.56 Å². The molecule has 0 bridgehead atoms. The van der Waals surface area contributed by atoms with Gasteiger partial charge in [0.05, 0.1) is 19.3 Å². The molecule has 1 fully saturated rings. The van der Waals surface area contributed by atoms with E-state index in [-0.39, 0.29) is 19.0 Å². The summed E-state index contributed by atoms with van der Waals surface area (Å²) in [6, 6.07) is 11.7. The standard InChI is InChI=1S/C13H13NO3/c14-6-11-12(15)8-17-13(11)9-16-7-10-4-2-1-3-5-10/h1-5,11,13H,7-9H2. The lowest BCUT2D eigenvalue weighted by Gasteiger charge is -2.12. The smallest absolute Gasteiger partial charge is 0.178 e. The third-order valence-corrected chi connectivity index (χ3v) is 2.69. The lowest BCUT2D eigenvalue weighted by atomic mass is 10.0. The number of nitrogens with zero attached hydrogens (tertiary/aromatic N) is 1. The Morgan fingerprint density at radius 2 is 2.18 bits per heavy atom. The molecule has 1 aliphatic heterocycles. The van der Waals surface area contributed by atoms with Crippen LogP contribution in [0.2, 0.25) is 0 Å². The highest BCUT2D eigenvalue weighted by Crippen LogP contribution is 2.17. The summed E-state index contributed by atoms with van der Waals surface area (Å²) < 4.78 is 10.7. The number of rotatable bonds is 4. The van der Waals surface area contributed by atoms with Crippen LogP contribution in [0.5, 0.6) is 0 Å². The van der Waals surface area contributed by atoms with Crippen LogP contribution in [0.15, 0.2) is 30.3 Å². The minimum atomic E-state index is -0.675. The summed E-state index contributed by atoms with van der Waals surface area (Å²) in [5.74, 6) is -0.827. The summed E-state index contributed by atoms with van der Waals surface area (Å²) in [5, 5.41) is 8.82. The maximum absolute atomic E-state index is 11.2. The highest BCUT2D eigenvalue weighted by molar-refractivity contribution is 5.86. The number of carbonyl (C=O) groups is 1. The van der Waals surface area contributed by atoms with Crippen LogP contribution in [0.25, 0.3) is 0 Å². The van der Waals surface area contributed by atoms with E-state index in [1.807, 2.05) is 36.4 Å². The zero-order valence-corrected chi connectivity index (χ0v) is 9.33. The molecule has 0 spiro atoms. The number of benzene rings is 1. The van der Waals surface area contributed by atoms with Crippen molar-refractivity contribution in [3.8, 4) is 6.07 Å². The zero-order valence-electron chi connectivity index (χ0n) is 9.33. The molecule has 1 saturated heterocycles. The number of hydrogen-bond donors (Lipinski definition) is 0. The van der Waals surface area contributed by atoms with Gasteiger partial charge < -0.3 is 9.47 Å². The summed E-state index contributed by atoms with van der Waals surface area (Å²) in [4.78, 5) is 11.2. The molecule has 2 unspecified atom stereocenters. The van der Waals surface area contributed by atoms with Crippen molar-refractivity contribution in [3.63, 3.8) is 0 Å². The SMILES string of the molecule is N#CC1C(=O)COC1COCc1ccccc1. The molecule has 2 atom stereocenters. The van der Waals surface area contributed by atoms with Gasteiger partial charge in [0, 0.05) is 0 Å². The summed E-state index contributed by atoms with van der Waals surface area (Å²) in [6.45, 7) is 0.767. The number of ketones is 1. The van der Waals surface area contributed by atoms with Crippen molar-refractivity contribution in [1.29, 1.82) is 5.26 Å². The van der Waals surface area contributed by atoms with Crippen LogP contribution in [0.1, 0.15) is 5.56 Å². The maximum atomic E-state index is 11.2. The summed E-state index contributed by atoms with van der Waals surface area (Å²) in [6.07, 6.45) is -0.420. The fraction of sp³-hybridized carbons (Fsp3) is 0.385. The van der Waals surface area contributed by atoms with E-state index in [2.05, 4.69) is 0 Å². The van der Waals surface area contributed by atoms with Gasteiger partial charge >= 0.3 is 0 Å². The van der Waals surface area contributed by atoms with Gasteiger partial charge in [-0.3, -0.25) is 4.79 Å². The fourth-order valence-electron chi connectivity index (χ4n) is 1.75. The van der Waals surface area contributed by atoms with Crippen LogP contribution in [0, 0.1) is 17.2 Å². The Morgan fingerprint density at radius 1 is 1.41 bits per heavy atom. The van der Waals surface area contributed by atoms with Gasteiger partial charge in [0.25, 0.3) is 0 Å². The van der Waals surface area contributed by atoms with Gasteiger partial charge in [-0.05, 0) is 5.56 Å². The molecule has 0 aliphatic carbocycles. The van der Waals surface area contributed by atoms with Gasteiger partial charge in [-0.15, -0.1) is 0 Å². The number of nitriles is 1. The Labute approximate surface area is 99.8 Å². The molecule has 88 valence electrons. The van der Waals surface area contributed by atoms with Crippen molar-refractivity contribution in [2.45, 2.75) is 12.7 Å². The van der Waals surface area contributed by atoms with Crippen LogP contribution < -0.4 is 0 Å². The third-order valence-electron chi connectivity index (χ3n) is 2.69. The van der Waals surface area contributed by atoms with Crippen molar-refractivity contribution in [2.75, 3.05) is 13.2 Å². The summed E-state index contributed by atoms with van der Waals surface area (Å²) >= 11 is 0. The first-order chi connectivity index (χ1) is 8.31. The zero-order chi connectivity index (χ0) is 12.1. The van der Waals surface area contributed by atoms with E-state index in [1.165, 1.54) is 0 Å². The summed E-state index contributed by atoms with van der Waals surface area (Å²) in [5.41, 5.74) is 1.06. The number of hydrogen-bond acceptors (Lipinski definition) is 4.